The highest BCUT2D eigenvalue weighted by molar-refractivity contribution is 7.99. The van der Waals surface area contributed by atoms with Crippen LogP contribution in [0.5, 0.6) is 0 Å². The highest BCUT2D eigenvalue weighted by Crippen LogP contribution is 2.42. The van der Waals surface area contributed by atoms with Crippen LogP contribution in [0.4, 0.5) is 10.1 Å². The molecular formula is C33H30ClFN3O2S+. The van der Waals surface area contributed by atoms with E-state index in [1.54, 1.807) is 29.2 Å². The lowest BCUT2D eigenvalue weighted by molar-refractivity contribution is -0.916. The van der Waals surface area contributed by atoms with Gasteiger partial charge in [0.15, 0.2) is 0 Å². The summed E-state index contributed by atoms with van der Waals surface area (Å²) in [4.78, 5) is 31.8. The molecule has 4 aromatic carbocycles. The van der Waals surface area contributed by atoms with E-state index < -0.39 is 5.82 Å². The Kier molecular flexibility index (Phi) is 8.10. The van der Waals surface area contributed by atoms with Crippen molar-refractivity contribution >= 4 is 40.9 Å². The lowest BCUT2D eigenvalue weighted by atomic mass is 10.00. The number of hydrogen-bond acceptors (Lipinski definition) is 3. The SMILES string of the molecule is O=C(NCCC[NH+]1CCc2ccccc2C1)c1ccc2c(c1)N(Cc1ccc(F)cc1Cl)C(=O)c1ccccc1S2. The van der Waals surface area contributed by atoms with Gasteiger partial charge in [-0.15, -0.1) is 0 Å². The number of halogens is 2. The van der Waals surface area contributed by atoms with Crippen molar-refractivity contribution in [3.8, 4) is 0 Å². The second-order valence-corrected chi connectivity index (χ2v) is 12.0. The summed E-state index contributed by atoms with van der Waals surface area (Å²) in [7, 11) is 0. The fraction of sp³-hybridized carbons (Fsp3) is 0.212. The van der Waals surface area contributed by atoms with Gasteiger partial charge in [0.25, 0.3) is 11.8 Å². The number of nitrogens with zero attached hydrogens (tertiary/aromatic N) is 1. The first kappa shape index (κ1) is 27.5. The van der Waals surface area contributed by atoms with Crippen LogP contribution in [0, 0.1) is 5.82 Å². The number of quaternary nitrogens is 1. The highest BCUT2D eigenvalue weighted by atomic mass is 35.5. The summed E-state index contributed by atoms with van der Waals surface area (Å²) < 4.78 is 13.7. The number of hydrogen-bond donors (Lipinski definition) is 2. The molecule has 1 atom stereocenters. The molecule has 0 aromatic heterocycles. The van der Waals surface area contributed by atoms with Gasteiger partial charge in [0.1, 0.15) is 12.4 Å². The van der Waals surface area contributed by atoms with E-state index in [-0.39, 0.29) is 23.4 Å². The number of fused-ring (bicyclic) bond motifs is 3. The van der Waals surface area contributed by atoms with Crippen molar-refractivity contribution in [1.82, 2.24) is 5.32 Å². The van der Waals surface area contributed by atoms with Crippen LogP contribution in [-0.4, -0.2) is 31.4 Å². The van der Waals surface area contributed by atoms with Crippen LogP contribution < -0.4 is 15.1 Å². The molecule has 2 aliphatic rings. The largest absolute Gasteiger partial charge is 0.352 e. The Morgan fingerprint density at radius 1 is 0.976 bits per heavy atom. The van der Waals surface area contributed by atoms with E-state index in [2.05, 4.69) is 29.6 Å². The molecule has 6 rings (SSSR count). The van der Waals surface area contributed by atoms with Gasteiger partial charge in [-0.3, -0.25) is 9.59 Å². The van der Waals surface area contributed by atoms with Crippen LogP contribution in [0.25, 0.3) is 0 Å². The maximum absolute atomic E-state index is 13.8. The third-order valence-corrected chi connectivity index (χ3v) is 9.23. The summed E-state index contributed by atoms with van der Waals surface area (Å²) in [6, 6.07) is 25.7. The van der Waals surface area contributed by atoms with Crippen LogP contribution in [-0.2, 0) is 19.5 Å². The second-order valence-electron chi connectivity index (χ2n) is 10.5. The highest BCUT2D eigenvalue weighted by Gasteiger charge is 2.29. The summed E-state index contributed by atoms with van der Waals surface area (Å²) in [6.07, 6.45) is 1.97. The molecule has 2 N–H and O–H groups in total. The maximum atomic E-state index is 13.8. The summed E-state index contributed by atoms with van der Waals surface area (Å²) in [5.41, 5.74) is 5.17. The van der Waals surface area contributed by atoms with Crippen LogP contribution in [0.3, 0.4) is 0 Å². The first-order chi connectivity index (χ1) is 20.0. The number of nitrogens with one attached hydrogen (secondary N) is 2. The molecule has 5 nitrogen and oxygen atoms in total. The summed E-state index contributed by atoms with van der Waals surface area (Å²) in [5, 5.41) is 3.31. The van der Waals surface area contributed by atoms with Crippen LogP contribution in [0.2, 0.25) is 5.02 Å². The molecule has 0 aliphatic carbocycles. The molecule has 2 aliphatic heterocycles. The van der Waals surface area contributed by atoms with Crippen LogP contribution in [0.15, 0.2) is 94.7 Å². The minimum absolute atomic E-state index is 0.145. The van der Waals surface area contributed by atoms with Gasteiger partial charge in [-0.1, -0.05) is 65.8 Å². The third-order valence-electron chi connectivity index (χ3n) is 7.74. The number of anilines is 1. The zero-order valence-electron chi connectivity index (χ0n) is 22.5. The van der Waals surface area contributed by atoms with Crippen molar-refractivity contribution in [3.63, 3.8) is 0 Å². The first-order valence-corrected chi connectivity index (χ1v) is 15.0. The molecule has 8 heteroatoms. The molecule has 4 aromatic rings. The van der Waals surface area contributed by atoms with Gasteiger partial charge in [-0.05, 0) is 53.6 Å². The Hall–Kier alpha value is -3.65. The molecule has 2 amide bonds. The summed E-state index contributed by atoms with van der Waals surface area (Å²) in [5.74, 6) is -0.811. The van der Waals surface area contributed by atoms with E-state index in [9.17, 15) is 14.0 Å². The lowest BCUT2D eigenvalue weighted by Crippen LogP contribution is -3.11. The van der Waals surface area contributed by atoms with Crippen molar-refractivity contribution in [2.24, 2.45) is 0 Å². The van der Waals surface area contributed by atoms with Crippen molar-refractivity contribution in [2.45, 2.75) is 35.7 Å². The topological polar surface area (TPSA) is 53.9 Å². The second kappa shape index (κ2) is 12.1. The predicted octanol–water partition coefficient (Wildman–Crippen LogP) is 5.55. The summed E-state index contributed by atoms with van der Waals surface area (Å²) >= 11 is 7.84. The van der Waals surface area contributed by atoms with Crippen molar-refractivity contribution in [3.05, 3.63) is 124 Å². The van der Waals surface area contributed by atoms with Gasteiger partial charge in [0.2, 0.25) is 0 Å². The summed E-state index contributed by atoms with van der Waals surface area (Å²) in [6.45, 7) is 3.85. The zero-order chi connectivity index (χ0) is 28.3. The molecule has 0 saturated heterocycles. The number of rotatable bonds is 7. The van der Waals surface area contributed by atoms with Crippen LogP contribution >= 0.6 is 23.4 Å². The lowest BCUT2D eigenvalue weighted by Gasteiger charge is -2.26. The molecule has 0 bridgehead atoms. The van der Waals surface area contributed by atoms with Crippen LogP contribution in [0.1, 0.15) is 43.8 Å². The molecule has 1 unspecified atom stereocenters. The number of carbonyl (C=O) groups is 2. The Bertz CT molecular complexity index is 1630. The van der Waals surface area contributed by atoms with Crippen molar-refractivity contribution in [2.75, 3.05) is 24.5 Å². The fourth-order valence-corrected chi connectivity index (χ4v) is 6.82. The van der Waals surface area contributed by atoms with E-state index >= 15 is 0 Å². The minimum Gasteiger partial charge on any atom is -0.352 e. The Balaban J connectivity index is 1.18. The van der Waals surface area contributed by atoms with E-state index in [4.69, 9.17) is 11.6 Å². The quantitative estimate of drug-likeness (QED) is 0.279. The standard InChI is InChI=1S/C33H29ClFN3O2S/c34-28-19-26(35)12-10-25(28)21-38-29-18-23(11-13-31(29)41-30-9-4-3-8-27(30)33(38)40)32(39)36-15-5-16-37-17-14-22-6-1-2-7-24(22)20-37/h1-4,6-13,18-19H,5,14-17,20-21H2,(H,36,39)/p+1. The Morgan fingerprint density at radius 3 is 2.63 bits per heavy atom. The molecule has 0 spiro atoms. The van der Waals surface area contributed by atoms with Crippen molar-refractivity contribution < 1.29 is 18.9 Å². The number of carbonyl (C=O) groups excluding carboxylic acids is 2. The third kappa shape index (κ3) is 6.03. The normalized spacial score (nSPS) is 15.9. The smallest absolute Gasteiger partial charge is 0.259 e. The molecule has 208 valence electrons. The fourth-order valence-electron chi connectivity index (χ4n) is 5.54. The van der Waals surface area contributed by atoms with Crippen molar-refractivity contribution in [1.29, 1.82) is 0 Å². The average molecular weight is 587 g/mol. The van der Waals surface area contributed by atoms with Gasteiger partial charge in [0, 0.05) is 45.3 Å². The van der Waals surface area contributed by atoms with E-state index in [1.807, 2.05) is 24.3 Å². The molecule has 0 saturated carbocycles. The van der Waals surface area contributed by atoms with Gasteiger partial charge < -0.3 is 15.1 Å². The van der Waals surface area contributed by atoms with E-state index in [1.165, 1.54) is 39.9 Å². The first-order valence-electron chi connectivity index (χ1n) is 13.8. The zero-order valence-corrected chi connectivity index (χ0v) is 24.0. The minimum atomic E-state index is -0.437. The molecule has 0 radical (unpaired) electrons. The van der Waals surface area contributed by atoms with Gasteiger partial charge in [-0.25, -0.2) is 4.39 Å². The van der Waals surface area contributed by atoms with E-state index in [0.717, 1.165) is 42.3 Å². The number of amides is 2. The molecule has 2 heterocycles. The molecule has 41 heavy (non-hydrogen) atoms. The van der Waals surface area contributed by atoms with E-state index in [0.29, 0.717) is 28.9 Å². The Morgan fingerprint density at radius 2 is 1.78 bits per heavy atom. The predicted molar refractivity (Wildman–Crippen MR) is 160 cm³/mol. The Labute approximate surface area is 248 Å². The molecule has 0 fully saturated rings. The maximum Gasteiger partial charge on any atom is 0.259 e. The van der Waals surface area contributed by atoms with Gasteiger partial charge >= 0.3 is 0 Å². The molecular weight excluding hydrogens is 557 g/mol. The number of benzene rings is 4. The van der Waals surface area contributed by atoms with Gasteiger partial charge in [-0.2, -0.15) is 0 Å². The average Bonchev–Trinajstić information content (AvgIpc) is 3.10. The monoisotopic (exact) mass is 586 g/mol. The van der Waals surface area contributed by atoms with Gasteiger partial charge in [0.05, 0.1) is 30.9 Å².